The molecule has 4 nitrogen and oxygen atoms in total. The molecule has 130 valence electrons. The van der Waals surface area contributed by atoms with Gasteiger partial charge in [0.15, 0.2) is 5.78 Å². The number of hydrogen-bond acceptors (Lipinski definition) is 4. The van der Waals surface area contributed by atoms with Crippen molar-refractivity contribution < 1.29 is 18.8 Å². The van der Waals surface area contributed by atoms with E-state index >= 15 is 0 Å². The fourth-order valence-corrected chi connectivity index (χ4v) is 5.26. The second-order valence-electron chi connectivity index (χ2n) is 8.07. The minimum atomic E-state index is -0.684. The monoisotopic (exact) mass is 330 g/mol. The van der Waals surface area contributed by atoms with Crippen molar-refractivity contribution in [2.75, 3.05) is 0 Å². The van der Waals surface area contributed by atoms with Crippen LogP contribution in [-0.4, -0.2) is 17.9 Å². The molecule has 1 aromatic heterocycles. The SMILES string of the molecule is C[C@@H]1CC[C@@]2(C)[C@@H](C)C(=O)CC[C@@H]2[C@@]1(C=O)CC(=O)c1ccoc1. The first-order valence-electron chi connectivity index (χ1n) is 8.89. The van der Waals surface area contributed by atoms with E-state index in [1.54, 1.807) is 6.07 Å². The number of furan rings is 1. The normalized spacial score (nSPS) is 39.3. The van der Waals surface area contributed by atoms with Gasteiger partial charge in [-0.05, 0) is 42.6 Å². The van der Waals surface area contributed by atoms with Crippen LogP contribution < -0.4 is 0 Å². The van der Waals surface area contributed by atoms with Gasteiger partial charge in [-0.3, -0.25) is 9.59 Å². The van der Waals surface area contributed by atoms with E-state index in [4.69, 9.17) is 4.42 Å². The van der Waals surface area contributed by atoms with Crippen LogP contribution in [0.2, 0.25) is 0 Å². The van der Waals surface area contributed by atoms with Gasteiger partial charge < -0.3 is 9.21 Å². The molecule has 0 aromatic carbocycles. The van der Waals surface area contributed by atoms with Gasteiger partial charge in [-0.15, -0.1) is 0 Å². The smallest absolute Gasteiger partial charge is 0.167 e. The second kappa shape index (κ2) is 5.98. The lowest BCUT2D eigenvalue weighted by Gasteiger charge is -2.58. The molecule has 1 heterocycles. The summed E-state index contributed by atoms with van der Waals surface area (Å²) in [7, 11) is 0. The van der Waals surface area contributed by atoms with Gasteiger partial charge in [0.25, 0.3) is 0 Å². The maximum Gasteiger partial charge on any atom is 0.167 e. The van der Waals surface area contributed by atoms with Crippen molar-refractivity contribution in [1.82, 2.24) is 0 Å². The van der Waals surface area contributed by atoms with E-state index in [1.807, 2.05) is 6.92 Å². The molecular weight excluding hydrogens is 304 g/mol. The molecule has 0 unspecified atom stereocenters. The maximum absolute atomic E-state index is 12.7. The molecule has 0 aliphatic heterocycles. The predicted molar refractivity (Wildman–Crippen MR) is 89.6 cm³/mol. The van der Waals surface area contributed by atoms with Crippen molar-refractivity contribution in [3.8, 4) is 0 Å². The van der Waals surface area contributed by atoms with Crippen molar-refractivity contribution in [1.29, 1.82) is 0 Å². The first-order valence-corrected chi connectivity index (χ1v) is 8.89. The standard InChI is InChI=1S/C20H26O4/c1-13-6-8-19(3)14(2)16(22)4-5-18(19)20(13,12-21)10-17(23)15-7-9-24-11-15/h7,9,11-14,18H,4-6,8,10H2,1-3H3/t13-,14+,18+,19+,20-/m1/s1. The van der Waals surface area contributed by atoms with E-state index in [0.29, 0.717) is 24.2 Å². The minimum absolute atomic E-state index is 0.0449. The second-order valence-corrected chi connectivity index (χ2v) is 8.07. The maximum atomic E-state index is 12.7. The first kappa shape index (κ1) is 17.1. The molecule has 5 atom stereocenters. The molecule has 0 amide bonds. The summed E-state index contributed by atoms with van der Waals surface area (Å²) >= 11 is 0. The summed E-state index contributed by atoms with van der Waals surface area (Å²) in [6.07, 6.45) is 7.21. The zero-order chi connectivity index (χ0) is 17.5. The van der Waals surface area contributed by atoms with Gasteiger partial charge in [-0.1, -0.05) is 20.8 Å². The Bertz CT molecular complexity index is 647. The fraction of sp³-hybridized carbons (Fsp3) is 0.650. The van der Waals surface area contributed by atoms with Crippen molar-refractivity contribution >= 4 is 17.9 Å². The molecule has 2 aliphatic rings. The van der Waals surface area contributed by atoms with E-state index in [1.165, 1.54) is 12.5 Å². The molecule has 24 heavy (non-hydrogen) atoms. The summed E-state index contributed by atoms with van der Waals surface area (Å²) in [6, 6.07) is 1.65. The van der Waals surface area contributed by atoms with Crippen LogP contribution in [0.5, 0.6) is 0 Å². The van der Waals surface area contributed by atoms with Crippen LogP contribution in [0.1, 0.15) is 63.2 Å². The summed E-state index contributed by atoms with van der Waals surface area (Å²) in [5.41, 5.74) is -0.355. The van der Waals surface area contributed by atoms with Gasteiger partial charge in [0, 0.05) is 24.2 Å². The zero-order valence-corrected chi connectivity index (χ0v) is 14.7. The highest BCUT2D eigenvalue weighted by Gasteiger charge is 2.59. The Morgan fingerprint density at radius 3 is 2.75 bits per heavy atom. The van der Waals surface area contributed by atoms with Gasteiger partial charge in [0.2, 0.25) is 0 Å². The van der Waals surface area contributed by atoms with Gasteiger partial charge in [-0.2, -0.15) is 0 Å². The molecule has 4 heteroatoms. The number of fused-ring (bicyclic) bond motifs is 1. The molecule has 2 aliphatic carbocycles. The Morgan fingerprint density at radius 1 is 1.38 bits per heavy atom. The van der Waals surface area contributed by atoms with Crippen molar-refractivity contribution in [2.24, 2.45) is 28.6 Å². The Labute approximate surface area is 143 Å². The number of aldehydes is 1. The highest BCUT2D eigenvalue weighted by Crippen LogP contribution is 2.61. The molecule has 0 bridgehead atoms. The third-order valence-electron chi connectivity index (χ3n) is 7.16. The summed E-state index contributed by atoms with van der Waals surface area (Å²) < 4.78 is 5.02. The van der Waals surface area contributed by atoms with E-state index in [9.17, 15) is 14.4 Å². The average Bonchev–Trinajstić information content (AvgIpc) is 3.10. The molecule has 0 spiro atoms. The largest absolute Gasteiger partial charge is 0.472 e. The third kappa shape index (κ3) is 2.38. The van der Waals surface area contributed by atoms with Gasteiger partial charge in [0.1, 0.15) is 18.3 Å². The van der Waals surface area contributed by atoms with Crippen LogP contribution in [0.4, 0.5) is 0 Å². The van der Waals surface area contributed by atoms with Crippen LogP contribution in [0.15, 0.2) is 23.0 Å². The summed E-state index contributed by atoms with van der Waals surface area (Å²) in [4.78, 5) is 37.3. The number of carbonyl (C=O) groups excluding carboxylic acids is 3. The molecule has 0 saturated heterocycles. The predicted octanol–water partition coefficient (Wildman–Crippen LogP) is 4.09. The summed E-state index contributed by atoms with van der Waals surface area (Å²) in [5.74, 6) is 0.423. The van der Waals surface area contributed by atoms with Gasteiger partial charge >= 0.3 is 0 Å². The van der Waals surface area contributed by atoms with Crippen LogP contribution >= 0.6 is 0 Å². The lowest BCUT2D eigenvalue weighted by atomic mass is 9.44. The van der Waals surface area contributed by atoms with Gasteiger partial charge in [0.05, 0.1) is 11.8 Å². The highest BCUT2D eigenvalue weighted by molar-refractivity contribution is 5.97. The molecule has 3 rings (SSSR count). The number of ketones is 2. The summed E-state index contributed by atoms with van der Waals surface area (Å²) in [6.45, 7) is 6.22. The topological polar surface area (TPSA) is 64.3 Å². The van der Waals surface area contributed by atoms with Crippen LogP contribution in [0, 0.1) is 28.6 Å². The average molecular weight is 330 g/mol. The van der Waals surface area contributed by atoms with E-state index in [-0.39, 0.29) is 35.4 Å². The molecule has 2 saturated carbocycles. The van der Waals surface area contributed by atoms with Crippen molar-refractivity contribution in [3.05, 3.63) is 24.2 Å². The first-order chi connectivity index (χ1) is 11.3. The van der Waals surface area contributed by atoms with Crippen LogP contribution in [0.3, 0.4) is 0 Å². The lowest BCUT2D eigenvalue weighted by molar-refractivity contribution is -0.155. The van der Waals surface area contributed by atoms with Crippen molar-refractivity contribution in [2.45, 2.75) is 52.9 Å². The van der Waals surface area contributed by atoms with Crippen LogP contribution in [-0.2, 0) is 9.59 Å². The molecular formula is C20H26O4. The van der Waals surface area contributed by atoms with E-state index in [0.717, 1.165) is 19.1 Å². The summed E-state index contributed by atoms with van der Waals surface area (Å²) in [5, 5.41) is 0. The van der Waals surface area contributed by atoms with Crippen LogP contribution in [0.25, 0.3) is 0 Å². The Hall–Kier alpha value is -1.71. The fourth-order valence-electron chi connectivity index (χ4n) is 5.26. The Morgan fingerprint density at radius 2 is 2.12 bits per heavy atom. The van der Waals surface area contributed by atoms with Gasteiger partial charge in [-0.25, -0.2) is 0 Å². The third-order valence-corrected chi connectivity index (χ3v) is 7.16. The molecule has 0 radical (unpaired) electrons. The Balaban J connectivity index is 1.99. The quantitative estimate of drug-likeness (QED) is 0.616. The zero-order valence-electron chi connectivity index (χ0n) is 14.7. The Kier molecular flexibility index (Phi) is 4.27. The number of carbonyl (C=O) groups is 3. The van der Waals surface area contributed by atoms with E-state index in [2.05, 4.69) is 13.8 Å². The highest BCUT2D eigenvalue weighted by atomic mass is 16.3. The molecule has 1 aromatic rings. The molecule has 2 fully saturated rings. The lowest BCUT2D eigenvalue weighted by Crippen LogP contribution is -2.57. The number of rotatable bonds is 4. The van der Waals surface area contributed by atoms with Crippen molar-refractivity contribution in [3.63, 3.8) is 0 Å². The number of Topliss-reactive ketones (excluding diaryl/α,β-unsaturated/α-hetero) is 2. The number of hydrogen-bond donors (Lipinski definition) is 0. The minimum Gasteiger partial charge on any atom is -0.472 e. The van der Waals surface area contributed by atoms with E-state index < -0.39 is 5.41 Å². The molecule has 0 N–H and O–H groups in total.